The summed E-state index contributed by atoms with van der Waals surface area (Å²) >= 11 is 1.56. The van der Waals surface area contributed by atoms with E-state index in [1.807, 2.05) is 48.5 Å². The maximum absolute atomic E-state index is 13.5. The van der Waals surface area contributed by atoms with E-state index in [1.54, 1.807) is 29.6 Å². The van der Waals surface area contributed by atoms with Gasteiger partial charge < -0.3 is 0 Å². The van der Waals surface area contributed by atoms with Crippen LogP contribution >= 0.6 is 11.8 Å². The Labute approximate surface area is 212 Å². The Morgan fingerprint density at radius 1 is 0.972 bits per heavy atom. The SMILES string of the molecule is Cn1c(=O)c2c(Sc3ccccc3)[n+](Cc3ccc(-c4ccccn4)cc3)n3c2n(c1=O)CC3(C)C. The average molecular weight is 497 g/mol. The molecule has 0 amide bonds. The van der Waals surface area contributed by atoms with E-state index in [2.05, 4.69) is 52.5 Å². The highest BCUT2D eigenvalue weighted by Crippen LogP contribution is 2.35. The maximum atomic E-state index is 13.5. The van der Waals surface area contributed by atoms with Gasteiger partial charge in [-0.15, -0.1) is 4.68 Å². The number of hydrogen-bond acceptors (Lipinski definition) is 4. The van der Waals surface area contributed by atoms with E-state index in [9.17, 15) is 9.59 Å². The Balaban J connectivity index is 1.55. The van der Waals surface area contributed by atoms with Crippen LogP contribution in [-0.4, -0.2) is 18.8 Å². The quantitative estimate of drug-likeness (QED) is 0.347. The Morgan fingerprint density at radius 3 is 2.39 bits per heavy atom. The lowest BCUT2D eigenvalue weighted by atomic mass is 10.1. The molecule has 1 aliphatic heterocycles. The molecule has 0 radical (unpaired) electrons. The van der Waals surface area contributed by atoms with Gasteiger partial charge >= 0.3 is 5.69 Å². The number of nitrogens with zero attached hydrogens (tertiary/aromatic N) is 5. The summed E-state index contributed by atoms with van der Waals surface area (Å²) in [5.41, 5.74) is 2.85. The minimum atomic E-state index is -0.380. The molecule has 0 bridgehead atoms. The van der Waals surface area contributed by atoms with Gasteiger partial charge in [0, 0.05) is 29.3 Å². The van der Waals surface area contributed by atoms with Crippen LogP contribution in [0.5, 0.6) is 0 Å². The largest absolute Gasteiger partial charge is 0.332 e. The van der Waals surface area contributed by atoms with Crippen molar-refractivity contribution in [3.05, 3.63) is 105 Å². The number of aromatic nitrogens is 5. The molecule has 7 nitrogen and oxygen atoms in total. The fourth-order valence-electron chi connectivity index (χ4n) is 5.04. The van der Waals surface area contributed by atoms with Gasteiger partial charge in [-0.3, -0.25) is 18.9 Å². The number of hydrogen-bond donors (Lipinski definition) is 0. The van der Waals surface area contributed by atoms with Crippen molar-refractivity contribution in [2.45, 2.75) is 42.4 Å². The van der Waals surface area contributed by atoms with Gasteiger partial charge in [0.25, 0.3) is 10.6 Å². The first kappa shape index (κ1) is 22.5. The van der Waals surface area contributed by atoms with Gasteiger partial charge in [0.15, 0.2) is 17.6 Å². The van der Waals surface area contributed by atoms with Crippen molar-refractivity contribution in [1.29, 1.82) is 0 Å². The highest BCUT2D eigenvalue weighted by molar-refractivity contribution is 7.99. The van der Waals surface area contributed by atoms with E-state index in [1.165, 1.54) is 4.57 Å². The molecule has 6 rings (SSSR count). The Kier molecular flexibility index (Phi) is 5.22. The highest BCUT2D eigenvalue weighted by Gasteiger charge is 2.44. The molecule has 0 aliphatic carbocycles. The van der Waals surface area contributed by atoms with E-state index in [4.69, 9.17) is 0 Å². The summed E-state index contributed by atoms with van der Waals surface area (Å²) in [5, 5.41) is 1.42. The molecule has 0 spiro atoms. The lowest BCUT2D eigenvalue weighted by Crippen LogP contribution is -2.51. The standard InChI is InChI=1S/C28H26N5O2S/c1-28(2)18-31-24-23(25(34)30(3)27(31)35)26(36-21-9-5-4-6-10-21)32(33(24)28)17-19-12-14-20(15-13-19)22-11-7-8-16-29-22/h4-16H,17-18H2,1-3H3/q+1. The maximum Gasteiger partial charge on any atom is 0.332 e. The topological polar surface area (TPSA) is 65.7 Å². The van der Waals surface area contributed by atoms with Gasteiger partial charge in [-0.05, 0) is 49.9 Å². The zero-order valence-corrected chi connectivity index (χ0v) is 21.2. The summed E-state index contributed by atoms with van der Waals surface area (Å²) in [6, 6.07) is 24.3. The molecule has 2 aromatic carbocycles. The van der Waals surface area contributed by atoms with E-state index in [0.29, 0.717) is 24.1 Å². The molecule has 0 saturated carbocycles. The lowest BCUT2D eigenvalue weighted by Gasteiger charge is -2.18. The van der Waals surface area contributed by atoms with Crippen LogP contribution in [0.15, 0.2) is 98.5 Å². The Hall–Kier alpha value is -3.91. The summed E-state index contributed by atoms with van der Waals surface area (Å²) in [6.45, 7) is 5.30. The third-order valence-electron chi connectivity index (χ3n) is 6.73. The fraction of sp³-hybridized carbons (Fsp3) is 0.214. The summed E-state index contributed by atoms with van der Waals surface area (Å²) in [4.78, 5) is 32.0. The van der Waals surface area contributed by atoms with Crippen molar-refractivity contribution in [2.24, 2.45) is 7.05 Å². The van der Waals surface area contributed by atoms with Gasteiger partial charge in [-0.25, -0.2) is 4.79 Å². The average Bonchev–Trinajstić information content (AvgIpc) is 3.36. The van der Waals surface area contributed by atoms with Crippen LogP contribution in [0.2, 0.25) is 0 Å². The predicted octanol–water partition coefficient (Wildman–Crippen LogP) is 3.80. The molecular formula is C28H26N5O2S+. The molecule has 4 heterocycles. The second-order valence-corrected chi connectivity index (χ2v) is 10.8. The molecule has 0 fully saturated rings. The van der Waals surface area contributed by atoms with Crippen LogP contribution in [0.25, 0.3) is 22.3 Å². The van der Waals surface area contributed by atoms with Gasteiger partial charge in [0.1, 0.15) is 5.54 Å². The molecule has 0 unspecified atom stereocenters. The number of pyridine rings is 1. The number of benzene rings is 2. The van der Waals surface area contributed by atoms with Crippen LogP contribution in [0, 0.1) is 0 Å². The van der Waals surface area contributed by atoms with Crippen molar-refractivity contribution >= 4 is 22.8 Å². The fourth-order valence-corrected chi connectivity index (χ4v) is 6.09. The molecule has 0 saturated heterocycles. The normalized spacial score (nSPS) is 14.0. The second kappa shape index (κ2) is 8.34. The minimum Gasteiger partial charge on any atom is -0.272 e. The molecule has 3 aromatic heterocycles. The zero-order valence-electron chi connectivity index (χ0n) is 20.4. The third-order valence-corrected chi connectivity index (χ3v) is 7.85. The summed E-state index contributed by atoms with van der Waals surface area (Å²) in [7, 11) is 1.56. The Morgan fingerprint density at radius 2 is 1.69 bits per heavy atom. The van der Waals surface area contributed by atoms with Crippen molar-refractivity contribution in [3.63, 3.8) is 0 Å². The van der Waals surface area contributed by atoms with E-state index >= 15 is 0 Å². The second-order valence-electron chi connectivity index (χ2n) is 9.75. The van der Waals surface area contributed by atoms with E-state index in [0.717, 1.165) is 26.7 Å². The van der Waals surface area contributed by atoms with Gasteiger partial charge in [0.2, 0.25) is 0 Å². The smallest absolute Gasteiger partial charge is 0.272 e. The molecule has 0 N–H and O–H groups in total. The van der Waals surface area contributed by atoms with E-state index < -0.39 is 0 Å². The zero-order chi connectivity index (χ0) is 25.0. The van der Waals surface area contributed by atoms with Crippen LogP contribution < -0.4 is 15.9 Å². The highest BCUT2D eigenvalue weighted by atomic mass is 32.2. The predicted molar refractivity (Wildman–Crippen MR) is 140 cm³/mol. The Bertz CT molecular complexity index is 1720. The molecule has 0 atom stereocenters. The van der Waals surface area contributed by atoms with Crippen molar-refractivity contribution < 1.29 is 4.68 Å². The molecule has 36 heavy (non-hydrogen) atoms. The van der Waals surface area contributed by atoms with Gasteiger partial charge in [0.05, 0.1) is 12.2 Å². The molecule has 1 aliphatic rings. The van der Waals surface area contributed by atoms with Gasteiger partial charge in [-0.2, -0.15) is 0 Å². The summed E-state index contributed by atoms with van der Waals surface area (Å²) in [5.74, 6) is 0. The van der Waals surface area contributed by atoms with Crippen molar-refractivity contribution in [1.82, 2.24) is 18.8 Å². The molecule has 180 valence electrons. The molecule has 5 aromatic rings. The van der Waals surface area contributed by atoms with Crippen molar-refractivity contribution in [2.75, 3.05) is 0 Å². The first-order chi connectivity index (χ1) is 17.3. The first-order valence-corrected chi connectivity index (χ1v) is 12.7. The number of rotatable bonds is 5. The monoisotopic (exact) mass is 496 g/mol. The molecule has 8 heteroatoms. The van der Waals surface area contributed by atoms with Crippen LogP contribution in [0.1, 0.15) is 19.4 Å². The first-order valence-electron chi connectivity index (χ1n) is 11.9. The third kappa shape index (κ3) is 3.52. The lowest BCUT2D eigenvalue weighted by molar-refractivity contribution is -0.802. The van der Waals surface area contributed by atoms with Crippen LogP contribution in [0.3, 0.4) is 0 Å². The van der Waals surface area contributed by atoms with Crippen LogP contribution in [-0.2, 0) is 25.7 Å². The van der Waals surface area contributed by atoms with Crippen molar-refractivity contribution in [3.8, 4) is 11.3 Å². The summed E-state index contributed by atoms with van der Waals surface area (Å²) in [6.07, 6.45) is 1.79. The van der Waals surface area contributed by atoms with Crippen LogP contribution in [0.4, 0.5) is 0 Å². The van der Waals surface area contributed by atoms with E-state index in [-0.39, 0.29) is 16.8 Å². The van der Waals surface area contributed by atoms with Gasteiger partial charge in [-0.1, -0.05) is 53.2 Å². The molecular weight excluding hydrogens is 470 g/mol. The summed E-state index contributed by atoms with van der Waals surface area (Å²) < 4.78 is 7.28. The minimum absolute atomic E-state index is 0.264.